The van der Waals surface area contributed by atoms with Gasteiger partial charge in [-0.1, -0.05) is 23.7 Å². The second-order valence-corrected chi connectivity index (χ2v) is 9.22. The van der Waals surface area contributed by atoms with Gasteiger partial charge in [-0.25, -0.2) is 0 Å². The van der Waals surface area contributed by atoms with Gasteiger partial charge in [-0.2, -0.15) is 0 Å². The number of anilines is 2. The number of H-pyrrole nitrogens is 1. The summed E-state index contributed by atoms with van der Waals surface area (Å²) in [6.45, 7) is 6.09. The minimum absolute atomic E-state index is 0.185. The molecule has 0 aliphatic carbocycles. The quantitative estimate of drug-likeness (QED) is 0.627. The molecule has 2 aliphatic rings. The molecule has 2 atom stereocenters. The normalized spacial score (nSPS) is 23.4. The van der Waals surface area contributed by atoms with Crippen molar-refractivity contribution < 1.29 is 9.53 Å². The Hall–Kier alpha value is -2.36. The molecule has 3 heterocycles. The SMILES string of the molecule is COC(=O)CN1C[C@H](Cc2ccc(Cl)cc2)N(C2CCN(c3nnc(N)[nH]3)CC2)C[C@@H]1C. The number of nitrogen functional groups attached to an aromatic ring is 1. The first kappa shape index (κ1) is 22.8. The minimum Gasteiger partial charge on any atom is -0.468 e. The van der Waals surface area contributed by atoms with Crippen molar-refractivity contribution in [1.29, 1.82) is 0 Å². The summed E-state index contributed by atoms with van der Waals surface area (Å²) in [5, 5.41) is 8.76. The van der Waals surface area contributed by atoms with Crippen LogP contribution in [0.1, 0.15) is 25.3 Å². The van der Waals surface area contributed by atoms with Gasteiger partial charge in [-0.15, -0.1) is 10.2 Å². The number of aromatic amines is 1. The van der Waals surface area contributed by atoms with E-state index in [2.05, 4.69) is 48.9 Å². The van der Waals surface area contributed by atoms with Crippen LogP contribution in [0.25, 0.3) is 0 Å². The number of benzene rings is 1. The van der Waals surface area contributed by atoms with Gasteiger partial charge >= 0.3 is 5.97 Å². The minimum atomic E-state index is -0.185. The van der Waals surface area contributed by atoms with E-state index in [-0.39, 0.29) is 12.0 Å². The first-order chi connectivity index (χ1) is 15.4. The summed E-state index contributed by atoms with van der Waals surface area (Å²) < 4.78 is 4.93. The number of halogens is 1. The molecule has 174 valence electrons. The van der Waals surface area contributed by atoms with Crippen LogP contribution in [0.5, 0.6) is 0 Å². The zero-order valence-electron chi connectivity index (χ0n) is 18.7. The summed E-state index contributed by atoms with van der Waals surface area (Å²) in [4.78, 5) is 22.1. The Labute approximate surface area is 193 Å². The monoisotopic (exact) mass is 461 g/mol. The van der Waals surface area contributed by atoms with Gasteiger partial charge < -0.3 is 15.4 Å². The maximum Gasteiger partial charge on any atom is 0.319 e. The third-order valence-electron chi connectivity index (χ3n) is 6.68. The number of methoxy groups -OCH3 is 1. The molecule has 0 unspecified atom stereocenters. The first-order valence-electron chi connectivity index (χ1n) is 11.2. The summed E-state index contributed by atoms with van der Waals surface area (Å²) in [7, 11) is 1.45. The number of nitrogens with two attached hydrogens (primary N) is 1. The Morgan fingerprint density at radius 2 is 1.94 bits per heavy atom. The molecule has 0 spiro atoms. The van der Waals surface area contributed by atoms with Crippen LogP contribution in [-0.4, -0.2) is 88.9 Å². The van der Waals surface area contributed by atoms with Gasteiger partial charge in [0.1, 0.15) is 0 Å². The van der Waals surface area contributed by atoms with Gasteiger partial charge in [-0.3, -0.25) is 19.6 Å². The van der Waals surface area contributed by atoms with Gasteiger partial charge in [0.2, 0.25) is 11.9 Å². The molecule has 32 heavy (non-hydrogen) atoms. The molecule has 2 saturated heterocycles. The lowest BCUT2D eigenvalue weighted by Gasteiger charge is -2.50. The molecule has 0 amide bonds. The van der Waals surface area contributed by atoms with Crippen LogP contribution in [0.15, 0.2) is 24.3 Å². The highest BCUT2D eigenvalue weighted by molar-refractivity contribution is 6.30. The molecule has 0 bridgehead atoms. The first-order valence-corrected chi connectivity index (χ1v) is 11.5. The van der Waals surface area contributed by atoms with E-state index >= 15 is 0 Å². The fraction of sp³-hybridized carbons (Fsp3) is 0.591. The number of aromatic nitrogens is 3. The van der Waals surface area contributed by atoms with Crippen LogP contribution in [-0.2, 0) is 16.0 Å². The van der Waals surface area contributed by atoms with E-state index in [0.717, 1.165) is 56.4 Å². The standard InChI is InChI=1S/C22H32ClN7O2/c1-15-12-30(18-7-9-28(10-8-18)22-25-21(24)26-27-22)19(13-29(15)14-20(31)32-2)11-16-3-5-17(23)6-4-16/h3-6,15,18-19H,7-14H2,1-2H3,(H3,24,25,26,27)/t15-,19-/m0/s1. The number of nitrogens with zero attached hydrogens (tertiary/aromatic N) is 5. The van der Waals surface area contributed by atoms with Crippen molar-refractivity contribution in [3.8, 4) is 0 Å². The fourth-order valence-corrected chi connectivity index (χ4v) is 5.04. The van der Waals surface area contributed by atoms with Crippen LogP contribution in [0.4, 0.5) is 11.9 Å². The number of ether oxygens (including phenoxy) is 1. The maximum atomic E-state index is 12.0. The number of carbonyl (C=O) groups excluding carboxylic acids is 1. The van der Waals surface area contributed by atoms with Crippen molar-refractivity contribution in [2.24, 2.45) is 0 Å². The van der Waals surface area contributed by atoms with Crippen molar-refractivity contribution in [3.63, 3.8) is 0 Å². The lowest BCUT2D eigenvalue weighted by atomic mass is 9.94. The van der Waals surface area contributed by atoms with Crippen LogP contribution >= 0.6 is 11.6 Å². The van der Waals surface area contributed by atoms with Gasteiger partial charge in [-0.05, 0) is 43.9 Å². The van der Waals surface area contributed by atoms with Crippen molar-refractivity contribution in [2.75, 3.05) is 50.5 Å². The second kappa shape index (κ2) is 10.1. The maximum absolute atomic E-state index is 12.0. The van der Waals surface area contributed by atoms with E-state index in [1.807, 2.05) is 12.1 Å². The molecule has 2 aromatic rings. The molecule has 2 fully saturated rings. The van der Waals surface area contributed by atoms with E-state index in [1.165, 1.54) is 12.7 Å². The Balaban J connectivity index is 1.46. The van der Waals surface area contributed by atoms with Gasteiger partial charge in [0.05, 0.1) is 13.7 Å². The molecule has 0 radical (unpaired) electrons. The highest BCUT2D eigenvalue weighted by Gasteiger charge is 2.37. The largest absolute Gasteiger partial charge is 0.468 e. The van der Waals surface area contributed by atoms with Gasteiger partial charge in [0.25, 0.3) is 0 Å². The summed E-state index contributed by atoms with van der Waals surface area (Å²) in [6.07, 6.45) is 3.00. The molecular weight excluding hydrogens is 430 g/mol. The average Bonchev–Trinajstić information content (AvgIpc) is 3.23. The second-order valence-electron chi connectivity index (χ2n) is 8.79. The lowest BCUT2D eigenvalue weighted by Crippen LogP contribution is -2.62. The lowest BCUT2D eigenvalue weighted by molar-refractivity contribution is -0.143. The van der Waals surface area contributed by atoms with Crippen molar-refractivity contribution in [3.05, 3.63) is 34.9 Å². The van der Waals surface area contributed by atoms with Crippen LogP contribution in [0, 0.1) is 0 Å². The van der Waals surface area contributed by atoms with Gasteiger partial charge in [0, 0.05) is 49.3 Å². The number of hydrogen-bond donors (Lipinski definition) is 2. The number of piperazine rings is 1. The van der Waals surface area contributed by atoms with Crippen molar-refractivity contribution in [2.45, 2.75) is 44.3 Å². The molecule has 4 rings (SSSR count). The topological polar surface area (TPSA) is 104 Å². The molecule has 3 N–H and O–H groups in total. The summed E-state index contributed by atoms with van der Waals surface area (Å²) in [5.41, 5.74) is 6.95. The van der Waals surface area contributed by atoms with Crippen LogP contribution in [0.3, 0.4) is 0 Å². The molecule has 0 saturated carbocycles. The number of rotatable bonds is 6. The third kappa shape index (κ3) is 5.33. The molecular formula is C22H32ClN7O2. The van der Waals surface area contributed by atoms with E-state index in [9.17, 15) is 4.79 Å². The Morgan fingerprint density at radius 3 is 2.56 bits per heavy atom. The molecule has 10 heteroatoms. The molecule has 1 aromatic carbocycles. The fourth-order valence-electron chi connectivity index (χ4n) is 4.91. The smallest absolute Gasteiger partial charge is 0.319 e. The highest BCUT2D eigenvalue weighted by Crippen LogP contribution is 2.27. The summed E-state index contributed by atoms with van der Waals surface area (Å²) in [5.74, 6) is 0.908. The zero-order chi connectivity index (χ0) is 22.7. The van der Waals surface area contributed by atoms with E-state index in [0.29, 0.717) is 24.6 Å². The summed E-state index contributed by atoms with van der Waals surface area (Å²) >= 11 is 6.09. The van der Waals surface area contributed by atoms with E-state index in [1.54, 1.807) is 0 Å². The Kier molecular flexibility index (Phi) is 7.17. The highest BCUT2D eigenvalue weighted by atomic mass is 35.5. The number of hydrogen-bond acceptors (Lipinski definition) is 8. The average molecular weight is 462 g/mol. The van der Waals surface area contributed by atoms with Crippen LogP contribution in [0.2, 0.25) is 5.02 Å². The summed E-state index contributed by atoms with van der Waals surface area (Å²) in [6, 6.07) is 9.16. The Morgan fingerprint density at radius 1 is 1.22 bits per heavy atom. The number of piperidine rings is 1. The van der Waals surface area contributed by atoms with E-state index < -0.39 is 0 Å². The van der Waals surface area contributed by atoms with Crippen molar-refractivity contribution >= 4 is 29.5 Å². The number of carbonyl (C=O) groups is 1. The molecule has 9 nitrogen and oxygen atoms in total. The van der Waals surface area contributed by atoms with Crippen molar-refractivity contribution in [1.82, 2.24) is 25.0 Å². The number of nitrogens with one attached hydrogen (secondary N) is 1. The Bertz CT molecular complexity index is 898. The van der Waals surface area contributed by atoms with E-state index in [4.69, 9.17) is 22.1 Å². The number of esters is 1. The predicted molar refractivity (Wildman–Crippen MR) is 125 cm³/mol. The molecule has 1 aromatic heterocycles. The zero-order valence-corrected chi connectivity index (χ0v) is 19.5. The predicted octanol–water partition coefficient (Wildman–Crippen LogP) is 1.80. The van der Waals surface area contributed by atoms with Gasteiger partial charge in [0.15, 0.2) is 0 Å². The van der Waals surface area contributed by atoms with Crippen LogP contribution < -0.4 is 10.6 Å². The molecule has 2 aliphatic heterocycles. The third-order valence-corrected chi connectivity index (χ3v) is 6.93.